The molecule has 1 aromatic rings. The van der Waals surface area contributed by atoms with Crippen LogP contribution in [0.25, 0.3) is 0 Å². The minimum atomic E-state index is -0.735. The minimum absolute atomic E-state index is 0.340. The van der Waals surface area contributed by atoms with Gasteiger partial charge in [0.2, 0.25) is 5.13 Å². The van der Waals surface area contributed by atoms with Gasteiger partial charge in [0, 0.05) is 0 Å². The van der Waals surface area contributed by atoms with Gasteiger partial charge in [-0.15, -0.1) is 10.2 Å². The second-order valence-electron chi connectivity index (χ2n) is 1.92. The number of aromatic nitrogens is 2. The summed E-state index contributed by atoms with van der Waals surface area (Å²) in [5.41, 5.74) is 0. The molecule has 12 heavy (non-hydrogen) atoms. The number of hydrogen-bond donors (Lipinski definition) is 1. The van der Waals surface area contributed by atoms with E-state index in [0.717, 1.165) is 5.01 Å². The molecule has 0 saturated heterocycles. The quantitative estimate of drug-likeness (QED) is 0.833. The summed E-state index contributed by atoms with van der Waals surface area (Å²) in [5.74, 6) is -0.340. The highest BCUT2D eigenvalue weighted by molar-refractivity contribution is 9.10. The molecule has 1 heterocycles. The van der Waals surface area contributed by atoms with Gasteiger partial charge in [-0.1, -0.05) is 38.9 Å². The van der Waals surface area contributed by atoms with Crippen LogP contribution >= 0.6 is 38.9 Å². The van der Waals surface area contributed by atoms with Gasteiger partial charge in [0.05, 0.1) is 0 Å². The highest BCUT2D eigenvalue weighted by Gasteiger charge is 2.12. The number of amides is 1. The first-order valence-electron chi connectivity index (χ1n) is 2.98. The lowest BCUT2D eigenvalue weighted by atomic mass is 10.7. The third-order valence-electron chi connectivity index (χ3n) is 0.954. The van der Waals surface area contributed by atoms with Crippen molar-refractivity contribution in [2.75, 3.05) is 5.32 Å². The van der Waals surface area contributed by atoms with E-state index in [-0.39, 0.29) is 5.91 Å². The summed E-state index contributed by atoms with van der Waals surface area (Å²) < 4.78 is -0.735. The number of aryl methyl sites for hydroxylation is 1. The van der Waals surface area contributed by atoms with Gasteiger partial charge < -0.3 is 0 Å². The van der Waals surface area contributed by atoms with Gasteiger partial charge in [0.15, 0.2) is 4.29 Å². The number of carbonyl (C=O) groups excluding carboxylic acids is 1. The summed E-state index contributed by atoms with van der Waals surface area (Å²) in [7, 11) is 0. The second-order valence-corrected chi connectivity index (χ2v) is 4.98. The molecule has 1 rings (SSSR count). The number of nitrogens with one attached hydrogen (secondary N) is 1. The lowest BCUT2D eigenvalue weighted by Gasteiger charge is -1.98. The Morgan fingerprint density at radius 2 is 2.42 bits per heavy atom. The smallest absolute Gasteiger partial charge is 0.255 e. The summed E-state index contributed by atoms with van der Waals surface area (Å²) in [4.78, 5) is 11.0. The van der Waals surface area contributed by atoms with Crippen LogP contribution in [-0.4, -0.2) is 20.4 Å². The van der Waals surface area contributed by atoms with Crippen LogP contribution < -0.4 is 5.32 Å². The van der Waals surface area contributed by atoms with Crippen molar-refractivity contribution in [3.05, 3.63) is 5.01 Å². The van der Waals surface area contributed by atoms with E-state index in [2.05, 4.69) is 31.4 Å². The molecule has 4 nitrogen and oxygen atoms in total. The van der Waals surface area contributed by atoms with Crippen molar-refractivity contribution in [2.24, 2.45) is 0 Å². The summed E-state index contributed by atoms with van der Waals surface area (Å²) in [6.45, 7) is 1.81. The van der Waals surface area contributed by atoms with Crippen molar-refractivity contribution in [3.63, 3.8) is 0 Å². The average molecular weight is 271 g/mol. The number of hydrogen-bond acceptors (Lipinski definition) is 4. The Bertz CT molecular complexity index is 290. The molecule has 66 valence electrons. The van der Waals surface area contributed by atoms with Gasteiger partial charge in [0.1, 0.15) is 5.01 Å². The lowest BCUT2D eigenvalue weighted by Crippen LogP contribution is -2.17. The zero-order valence-electron chi connectivity index (χ0n) is 6.04. The molecule has 0 bridgehead atoms. The van der Waals surface area contributed by atoms with Crippen LogP contribution in [0.4, 0.5) is 5.13 Å². The standard InChI is InChI=1S/C5H5BrClN3OS/c1-2-9-10-5(12-2)8-4(11)3(6)7/h3H,1H3,(H,8,10,11). The van der Waals surface area contributed by atoms with E-state index < -0.39 is 4.29 Å². The molecule has 7 heteroatoms. The van der Waals surface area contributed by atoms with Crippen molar-refractivity contribution < 1.29 is 4.79 Å². The monoisotopic (exact) mass is 269 g/mol. The molecule has 0 saturated carbocycles. The first kappa shape index (κ1) is 9.88. The molecule has 1 amide bonds. The minimum Gasteiger partial charge on any atom is -0.298 e. The zero-order chi connectivity index (χ0) is 9.14. The highest BCUT2D eigenvalue weighted by Crippen LogP contribution is 2.15. The number of nitrogens with zero attached hydrogens (tertiary/aromatic N) is 2. The Hall–Kier alpha value is -0.200. The zero-order valence-corrected chi connectivity index (χ0v) is 9.20. The molecule has 1 N–H and O–H groups in total. The topological polar surface area (TPSA) is 54.9 Å². The van der Waals surface area contributed by atoms with Crippen molar-refractivity contribution in [1.82, 2.24) is 10.2 Å². The van der Waals surface area contributed by atoms with Gasteiger partial charge in [-0.2, -0.15) is 0 Å². The van der Waals surface area contributed by atoms with Gasteiger partial charge in [0.25, 0.3) is 5.91 Å². The van der Waals surface area contributed by atoms with E-state index >= 15 is 0 Å². The lowest BCUT2D eigenvalue weighted by molar-refractivity contribution is -0.114. The maximum absolute atomic E-state index is 11.0. The normalized spacial score (nSPS) is 12.6. The van der Waals surface area contributed by atoms with Gasteiger partial charge >= 0.3 is 0 Å². The van der Waals surface area contributed by atoms with Crippen LogP contribution in [0.5, 0.6) is 0 Å². The summed E-state index contributed by atoms with van der Waals surface area (Å²) in [6, 6.07) is 0. The Morgan fingerprint density at radius 3 is 2.83 bits per heavy atom. The molecule has 0 aromatic carbocycles. The maximum Gasteiger partial charge on any atom is 0.255 e. The molecule has 0 fully saturated rings. The van der Waals surface area contributed by atoms with E-state index in [1.54, 1.807) is 6.92 Å². The van der Waals surface area contributed by atoms with E-state index in [1.165, 1.54) is 11.3 Å². The Kier molecular flexibility index (Phi) is 3.42. The van der Waals surface area contributed by atoms with Crippen LogP contribution in [0, 0.1) is 6.92 Å². The first-order chi connectivity index (χ1) is 5.59. The molecule has 1 atom stereocenters. The molecular weight excluding hydrogens is 265 g/mol. The fourth-order valence-corrected chi connectivity index (χ4v) is 1.27. The van der Waals surface area contributed by atoms with Crippen LogP contribution in [0.1, 0.15) is 5.01 Å². The van der Waals surface area contributed by atoms with Crippen molar-refractivity contribution in [1.29, 1.82) is 0 Å². The van der Waals surface area contributed by atoms with Crippen LogP contribution in [-0.2, 0) is 4.79 Å². The first-order valence-corrected chi connectivity index (χ1v) is 5.15. The molecular formula is C5H5BrClN3OS. The number of carbonyl (C=O) groups is 1. The number of alkyl halides is 2. The molecule has 1 unspecified atom stereocenters. The van der Waals surface area contributed by atoms with Crippen molar-refractivity contribution in [2.45, 2.75) is 11.2 Å². The fraction of sp³-hybridized carbons (Fsp3) is 0.400. The highest BCUT2D eigenvalue weighted by atomic mass is 79.9. The third kappa shape index (κ3) is 2.69. The van der Waals surface area contributed by atoms with Crippen LogP contribution in [0.2, 0.25) is 0 Å². The number of anilines is 1. The van der Waals surface area contributed by atoms with E-state index in [1.807, 2.05) is 0 Å². The predicted octanol–water partition coefficient (Wildman–Crippen LogP) is 1.74. The SMILES string of the molecule is Cc1nnc(NC(=O)C(Cl)Br)s1. The predicted molar refractivity (Wildman–Crippen MR) is 51.8 cm³/mol. The Morgan fingerprint density at radius 1 is 1.75 bits per heavy atom. The Labute approximate surface area is 86.5 Å². The van der Waals surface area contributed by atoms with E-state index in [4.69, 9.17) is 11.6 Å². The fourth-order valence-electron chi connectivity index (χ4n) is 0.507. The Balaban J connectivity index is 2.58. The van der Waals surface area contributed by atoms with Gasteiger partial charge in [-0.25, -0.2) is 0 Å². The van der Waals surface area contributed by atoms with E-state index in [9.17, 15) is 4.79 Å². The molecule has 0 aliphatic rings. The van der Waals surface area contributed by atoms with Crippen LogP contribution in [0.15, 0.2) is 0 Å². The van der Waals surface area contributed by atoms with Crippen molar-refractivity contribution in [3.8, 4) is 0 Å². The molecule has 0 aliphatic heterocycles. The van der Waals surface area contributed by atoms with Gasteiger partial charge in [-0.3, -0.25) is 10.1 Å². The average Bonchev–Trinajstić information content (AvgIpc) is 2.35. The molecule has 0 spiro atoms. The molecule has 0 aliphatic carbocycles. The summed E-state index contributed by atoms with van der Waals surface area (Å²) in [6.07, 6.45) is 0. The van der Waals surface area contributed by atoms with Crippen LogP contribution in [0.3, 0.4) is 0 Å². The van der Waals surface area contributed by atoms with E-state index in [0.29, 0.717) is 5.13 Å². The number of halogens is 2. The van der Waals surface area contributed by atoms with Gasteiger partial charge in [-0.05, 0) is 6.92 Å². The summed E-state index contributed by atoms with van der Waals surface area (Å²) >= 11 is 9.66. The molecule has 0 radical (unpaired) electrons. The number of rotatable bonds is 2. The molecule has 1 aromatic heterocycles. The summed E-state index contributed by atoms with van der Waals surface area (Å²) in [5, 5.41) is 11.2. The maximum atomic E-state index is 11.0. The third-order valence-corrected chi connectivity index (χ3v) is 2.32. The largest absolute Gasteiger partial charge is 0.298 e. The van der Waals surface area contributed by atoms with Crippen molar-refractivity contribution >= 4 is 49.9 Å². The second kappa shape index (κ2) is 4.15.